The zero-order valence-corrected chi connectivity index (χ0v) is 27.5. The lowest BCUT2D eigenvalue weighted by atomic mass is 9.86. The van der Waals surface area contributed by atoms with Gasteiger partial charge in [-0.2, -0.15) is 0 Å². The fourth-order valence-corrected chi connectivity index (χ4v) is 7.01. The van der Waals surface area contributed by atoms with Crippen LogP contribution in [0.1, 0.15) is 17.9 Å². The number of rotatable bonds is 8. The third-order valence-electron chi connectivity index (χ3n) is 9.41. The number of nitrogens with zero attached hydrogens (tertiary/aromatic N) is 2. The van der Waals surface area contributed by atoms with Crippen molar-refractivity contribution in [1.29, 1.82) is 5.41 Å². The van der Waals surface area contributed by atoms with Gasteiger partial charge in [-0.3, -0.25) is 0 Å². The Labute approximate surface area is 292 Å². The lowest BCUT2D eigenvalue weighted by Crippen LogP contribution is -2.06. The van der Waals surface area contributed by atoms with E-state index in [1.807, 2.05) is 30.5 Å². The molecule has 3 nitrogen and oxygen atoms in total. The highest BCUT2D eigenvalue weighted by molar-refractivity contribution is 6.20. The van der Waals surface area contributed by atoms with Crippen molar-refractivity contribution in [3.05, 3.63) is 193 Å². The predicted octanol–water partition coefficient (Wildman–Crippen LogP) is 11.8. The largest absolute Gasteiger partial charge is 0.308 e. The zero-order chi connectivity index (χ0) is 33.9. The number of aromatic nitrogens is 2. The van der Waals surface area contributed by atoms with Crippen LogP contribution in [0.2, 0.25) is 0 Å². The smallest absolute Gasteiger partial charge is 0.161 e. The molecule has 50 heavy (non-hydrogen) atoms. The van der Waals surface area contributed by atoms with Crippen molar-refractivity contribution in [2.24, 2.45) is 0 Å². The molecule has 0 spiro atoms. The van der Waals surface area contributed by atoms with Crippen LogP contribution in [0.25, 0.3) is 66.4 Å². The van der Waals surface area contributed by atoms with E-state index in [-0.39, 0.29) is 5.92 Å². The molecule has 0 radical (unpaired) electrons. The highest BCUT2D eigenvalue weighted by atomic mass is 14.9. The Balaban J connectivity index is 1.32. The molecule has 1 aliphatic carbocycles. The highest BCUT2D eigenvalue weighted by Gasteiger charge is 2.23. The third kappa shape index (κ3) is 5.64. The maximum atomic E-state index is 7.88. The molecule has 0 aliphatic heterocycles. The topological polar surface area (TPSA) is 49.6 Å². The molecule has 0 amide bonds. The molecule has 1 unspecified atom stereocenters. The maximum Gasteiger partial charge on any atom is 0.161 e. The number of hydrogen-bond donors (Lipinski definition) is 1. The lowest BCUT2D eigenvalue weighted by Gasteiger charge is -2.21. The summed E-state index contributed by atoms with van der Waals surface area (Å²) in [5, 5.41) is 12.4. The van der Waals surface area contributed by atoms with E-state index in [2.05, 4.69) is 140 Å². The second-order valence-corrected chi connectivity index (χ2v) is 12.3. The fraction of sp³-hybridized carbons (Fsp3) is 0.0426. The van der Waals surface area contributed by atoms with Gasteiger partial charge >= 0.3 is 0 Å². The summed E-state index contributed by atoms with van der Waals surface area (Å²) in [5.41, 5.74) is 10.1. The van der Waals surface area contributed by atoms with Gasteiger partial charge in [-0.25, -0.2) is 9.97 Å². The SMILES string of the molecule is C=C/C=C(\C=N)C1=CCC(c2cnc(-c3c4ccccc4c(-c4ccccc4)c4ccccc34)nc2-c2c#cc(-c3ccccc3)cc2)C=C1. The summed E-state index contributed by atoms with van der Waals surface area (Å²) in [6.45, 7) is 3.81. The van der Waals surface area contributed by atoms with Crippen molar-refractivity contribution in [3.8, 4) is 44.9 Å². The Kier molecular flexibility index (Phi) is 8.27. The van der Waals surface area contributed by atoms with Gasteiger partial charge in [-0.1, -0.05) is 158 Å². The van der Waals surface area contributed by atoms with E-state index in [9.17, 15) is 0 Å². The second-order valence-electron chi connectivity index (χ2n) is 12.3. The van der Waals surface area contributed by atoms with Gasteiger partial charge < -0.3 is 5.41 Å². The molecule has 0 fully saturated rings. The minimum Gasteiger partial charge on any atom is -0.308 e. The van der Waals surface area contributed by atoms with Gasteiger partial charge in [0.25, 0.3) is 0 Å². The standard InChI is InChI=1S/C47H33N3/c1-2-13-38(30-48)34-22-26-35(27-23-34)43-31-49-47(50-46(43)37-28-24-33(25-29-37)32-14-5-3-6-15-32)45-41-20-11-9-18-39(41)44(36-16-7-4-8-17-36)40-19-10-12-21-42(40)45/h2-24,26,28,30-31,35,48H,1,27H2/b38-13+,48-30?. The summed E-state index contributed by atoms with van der Waals surface area (Å²) < 4.78 is 0. The summed E-state index contributed by atoms with van der Waals surface area (Å²) >= 11 is 0. The van der Waals surface area contributed by atoms with Crippen LogP contribution < -0.4 is 0 Å². The van der Waals surface area contributed by atoms with Crippen LogP contribution in [-0.4, -0.2) is 16.2 Å². The highest BCUT2D eigenvalue weighted by Crippen LogP contribution is 2.43. The first-order valence-corrected chi connectivity index (χ1v) is 16.8. The van der Waals surface area contributed by atoms with Crippen molar-refractivity contribution < 1.29 is 0 Å². The minimum absolute atomic E-state index is 0.0506. The van der Waals surface area contributed by atoms with Crippen molar-refractivity contribution in [2.45, 2.75) is 12.3 Å². The summed E-state index contributed by atoms with van der Waals surface area (Å²) in [6.07, 6.45) is 14.2. The Bertz CT molecular complexity index is 2410. The van der Waals surface area contributed by atoms with Crippen LogP contribution in [0.5, 0.6) is 0 Å². The van der Waals surface area contributed by atoms with Crippen molar-refractivity contribution in [2.75, 3.05) is 0 Å². The Morgan fingerprint density at radius 2 is 1.28 bits per heavy atom. The lowest BCUT2D eigenvalue weighted by molar-refractivity contribution is 0.835. The van der Waals surface area contributed by atoms with Gasteiger partial charge in [0.2, 0.25) is 0 Å². The molecule has 1 atom stereocenters. The molecule has 1 N–H and O–H groups in total. The van der Waals surface area contributed by atoms with E-state index in [1.54, 1.807) is 6.08 Å². The molecule has 3 heteroatoms. The number of nitrogens with one attached hydrogen (secondary N) is 1. The fourth-order valence-electron chi connectivity index (χ4n) is 7.01. The molecule has 0 bridgehead atoms. The Hall–Kier alpha value is -6.63. The van der Waals surface area contributed by atoms with Crippen LogP contribution in [0.3, 0.4) is 0 Å². The maximum absolute atomic E-state index is 7.88. The van der Waals surface area contributed by atoms with E-state index in [0.29, 0.717) is 5.82 Å². The van der Waals surface area contributed by atoms with E-state index < -0.39 is 0 Å². The van der Waals surface area contributed by atoms with E-state index in [0.717, 1.165) is 72.6 Å². The quantitative estimate of drug-likeness (QED) is 0.102. The van der Waals surface area contributed by atoms with Crippen LogP contribution in [0.4, 0.5) is 0 Å². The van der Waals surface area contributed by atoms with Gasteiger partial charge in [-0.15, -0.1) is 0 Å². The van der Waals surface area contributed by atoms with Gasteiger partial charge in [0.1, 0.15) is 0 Å². The molecule has 7 aromatic rings. The molecule has 1 heterocycles. The molecule has 6 aromatic carbocycles. The summed E-state index contributed by atoms with van der Waals surface area (Å²) in [5.74, 6) is 0.724. The Morgan fingerprint density at radius 3 is 1.84 bits per heavy atom. The monoisotopic (exact) mass is 639 g/mol. The average Bonchev–Trinajstić information content (AvgIpc) is 3.19. The molecular formula is C47H33N3. The first kappa shape index (κ1) is 30.7. The van der Waals surface area contributed by atoms with E-state index >= 15 is 0 Å². The number of hydrogen-bond acceptors (Lipinski definition) is 3. The molecule has 8 rings (SSSR count). The predicted molar refractivity (Wildman–Crippen MR) is 208 cm³/mol. The van der Waals surface area contributed by atoms with Gasteiger partial charge in [0, 0.05) is 35.0 Å². The molecule has 0 saturated heterocycles. The third-order valence-corrected chi connectivity index (χ3v) is 9.41. The number of benzene rings is 5. The van der Waals surface area contributed by atoms with Crippen molar-refractivity contribution in [3.63, 3.8) is 0 Å². The zero-order valence-electron chi connectivity index (χ0n) is 27.5. The van der Waals surface area contributed by atoms with Gasteiger partial charge in [-0.05, 0) is 67.9 Å². The van der Waals surface area contributed by atoms with Crippen LogP contribution in [0.15, 0.2) is 176 Å². The molecule has 0 saturated carbocycles. The van der Waals surface area contributed by atoms with Gasteiger partial charge in [0.05, 0.1) is 11.3 Å². The molecule has 1 aromatic heterocycles. The van der Waals surface area contributed by atoms with Crippen molar-refractivity contribution >= 4 is 27.8 Å². The van der Waals surface area contributed by atoms with E-state index in [4.69, 9.17) is 15.4 Å². The first-order valence-electron chi connectivity index (χ1n) is 16.8. The summed E-state index contributed by atoms with van der Waals surface area (Å²) in [4.78, 5) is 10.5. The molecular weight excluding hydrogens is 607 g/mol. The van der Waals surface area contributed by atoms with E-state index in [1.165, 1.54) is 17.3 Å². The normalized spacial score (nSPS) is 14.3. The molecule has 1 aliphatic rings. The molecule has 236 valence electrons. The number of allylic oxidation sites excluding steroid dienone is 7. The summed E-state index contributed by atoms with van der Waals surface area (Å²) in [7, 11) is 0. The van der Waals surface area contributed by atoms with Crippen LogP contribution in [0, 0.1) is 17.5 Å². The minimum atomic E-state index is 0.0506. The Morgan fingerprint density at radius 1 is 0.700 bits per heavy atom. The average molecular weight is 640 g/mol. The van der Waals surface area contributed by atoms with Gasteiger partial charge in [0.15, 0.2) is 5.82 Å². The second kappa shape index (κ2) is 13.5. The van der Waals surface area contributed by atoms with Crippen LogP contribution >= 0.6 is 0 Å². The van der Waals surface area contributed by atoms with Crippen LogP contribution in [-0.2, 0) is 0 Å². The first-order chi connectivity index (χ1) is 24.7. The summed E-state index contributed by atoms with van der Waals surface area (Å²) in [6, 6.07) is 49.1. The van der Waals surface area contributed by atoms with Crippen molar-refractivity contribution in [1.82, 2.24) is 9.97 Å². The number of fused-ring (bicyclic) bond motifs is 2.